The predicted octanol–water partition coefficient (Wildman–Crippen LogP) is 13.1. The lowest BCUT2D eigenvalue weighted by Gasteiger charge is -2.10. The fraction of sp³-hybridized carbons (Fsp3) is 0. The van der Waals surface area contributed by atoms with Crippen molar-refractivity contribution >= 4 is 58.4 Å². The van der Waals surface area contributed by atoms with Gasteiger partial charge in [-0.25, -0.2) is 0 Å². The molecule has 0 saturated heterocycles. The lowest BCUT2D eigenvalue weighted by molar-refractivity contribution is 1.27. The van der Waals surface area contributed by atoms with Crippen LogP contribution in [0.4, 0.5) is 0 Å². The average molecular weight is 691 g/mol. The van der Waals surface area contributed by atoms with Crippen LogP contribution in [0.25, 0.3) is 58.4 Å². The number of hydrogen-bond acceptors (Lipinski definition) is 2. The molecule has 8 rings (SSSR count). The minimum atomic E-state index is 0.940. The van der Waals surface area contributed by atoms with Gasteiger partial charge in [0.15, 0.2) is 0 Å². The van der Waals surface area contributed by atoms with Crippen molar-refractivity contribution in [1.29, 1.82) is 0 Å². The number of rotatable bonds is 10. The Morgan fingerprint density at radius 1 is 0.315 bits per heavy atom. The second-order valence-electron chi connectivity index (χ2n) is 13.0. The Morgan fingerprint density at radius 3 is 1.07 bits per heavy atom. The van der Waals surface area contributed by atoms with Crippen LogP contribution in [0, 0.1) is 0 Å². The van der Waals surface area contributed by atoms with E-state index in [2.05, 4.69) is 182 Å². The number of benzene rings is 6. The highest BCUT2D eigenvalue weighted by Gasteiger charge is 2.10. The SMILES string of the molecule is C(=Cc1ccccc1/C=C(\c1ccccc1)c1ccccn1)c1cc2ccccc2cc1/C=C\c1ccccc1/C=C(\c1ccccc1)c1ccccn1. The quantitative estimate of drug-likeness (QED) is 0.134. The van der Waals surface area contributed by atoms with Crippen LogP contribution in [0.2, 0.25) is 0 Å². The molecule has 0 aliphatic carbocycles. The Kier molecular flexibility index (Phi) is 10.3. The van der Waals surface area contributed by atoms with Crippen LogP contribution in [0.15, 0.2) is 194 Å². The first-order chi connectivity index (χ1) is 26.8. The first-order valence-electron chi connectivity index (χ1n) is 18.2. The Balaban J connectivity index is 1.19. The number of pyridine rings is 2. The number of nitrogens with zero attached hydrogens (tertiary/aromatic N) is 2. The fourth-order valence-corrected chi connectivity index (χ4v) is 6.71. The minimum Gasteiger partial charge on any atom is -0.256 e. The van der Waals surface area contributed by atoms with Crippen molar-refractivity contribution in [3.63, 3.8) is 0 Å². The molecule has 2 heterocycles. The van der Waals surface area contributed by atoms with Crippen molar-refractivity contribution in [2.45, 2.75) is 0 Å². The third-order valence-corrected chi connectivity index (χ3v) is 9.48. The van der Waals surface area contributed by atoms with E-state index in [4.69, 9.17) is 9.97 Å². The van der Waals surface area contributed by atoms with E-state index in [1.165, 1.54) is 10.8 Å². The molecule has 2 heteroatoms. The fourth-order valence-electron chi connectivity index (χ4n) is 6.71. The molecular formula is C52H38N2. The lowest BCUT2D eigenvalue weighted by atomic mass is 9.95. The third kappa shape index (κ3) is 7.99. The van der Waals surface area contributed by atoms with Gasteiger partial charge in [0.2, 0.25) is 0 Å². The van der Waals surface area contributed by atoms with Crippen LogP contribution in [0.3, 0.4) is 0 Å². The number of hydrogen-bond donors (Lipinski definition) is 0. The maximum Gasteiger partial charge on any atom is 0.0708 e. The molecule has 0 unspecified atom stereocenters. The smallest absolute Gasteiger partial charge is 0.0708 e. The zero-order chi connectivity index (χ0) is 36.4. The van der Waals surface area contributed by atoms with Crippen LogP contribution in [0.5, 0.6) is 0 Å². The highest BCUT2D eigenvalue weighted by Crippen LogP contribution is 2.30. The van der Waals surface area contributed by atoms with Crippen LogP contribution in [0.1, 0.15) is 55.9 Å². The van der Waals surface area contributed by atoms with Crippen LogP contribution >= 0.6 is 0 Å². The zero-order valence-electron chi connectivity index (χ0n) is 29.8. The van der Waals surface area contributed by atoms with Crippen molar-refractivity contribution in [2.75, 3.05) is 0 Å². The van der Waals surface area contributed by atoms with E-state index in [1.54, 1.807) is 0 Å². The molecule has 0 saturated carbocycles. The normalized spacial score (nSPS) is 12.1. The summed E-state index contributed by atoms with van der Waals surface area (Å²) >= 11 is 0. The van der Waals surface area contributed by atoms with Crippen LogP contribution < -0.4 is 0 Å². The molecule has 6 aromatic carbocycles. The van der Waals surface area contributed by atoms with Gasteiger partial charge in [0.05, 0.1) is 11.4 Å². The van der Waals surface area contributed by atoms with Gasteiger partial charge < -0.3 is 0 Å². The molecule has 0 aliphatic heterocycles. The van der Waals surface area contributed by atoms with Crippen LogP contribution in [-0.2, 0) is 0 Å². The summed E-state index contributed by atoms with van der Waals surface area (Å²) in [5, 5.41) is 2.41. The summed E-state index contributed by atoms with van der Waals surface area (Å²) in [6.07, 6.45) is 17.1. The van der Waals surface area contributed by atoms with Crippen molar-refractivity contribution in [1.82, 2.24) is 9.97 Å². The summed E-state index contributed by atoms with van der Waals surface area (Å²) in [5.41, 5.74) is 13.1. The topological polar surface area (TPSA) is 25.8 Å². The molecule has 8 aromatic rings. The molecule has 0 amide bonds. The molecule has 2 aromatic heterocycles. The summed E-state index contributed by atoms with van der Waals surface area (Å²) in [5.74, 6) is 0. The molecule has 54 heavy (non-hydrogen) atoms. The van der Waals surface area contributed by atoms with Crippen molar-refractivity contribution in [3.05, 3.63) is 250 Å². The maximum absolute atomic E-state index is 4.71. The van der Waals surface area contributed by atoms with E-state index < -0.39 is 0 Å². The van der Waals surface area contributed by atoms with E-state index in [1.807, 2.05) is 48.8 Å². The highest BCUT2D eigenvalue weighted by molar-refractivity contribution is 5.96. The molecule has 0 N–H and O–H groups in total. The molecule has 0 bridgehead atoms. The number of fused-ring (bicyclic) bond motifs is 1. The van der Waals surface area contributed by atoms with Gasteiger partial charge in [0.25, 0.3) is 0 Å². The van der Waals surface area contributed by atoms with Gasteiger partial charge in [0.1, 0.15) is 0 Å². The average Bonchev–Trinajstić information content (AvgIpc) is 3.25. The van der Waals surface area contributed by atoms with Gasteiger partial charge >= 0.3 is 0 Å². The molecule has 0 aliphatic rings. The van der Waals surface area contributed by atoms with E-state index in [0.717, 1.165) is 67.0 Å². The highest BCUT2D eigenvalue weighted by atomic mass is 14.7. The second kappa shape index (κ2) is 16.5. The first kappa shape index (κ1) is 34.0. The molecule has 0 radical (unpaired) electrons. The third-order valence-electron chi connectivity index (χ3n) is 9.48. The van der Waals surface area contributed by atoms with Gasteiger partial charge in [-0.3, -0.25) is 9.97 Å². The predicted molar refractivity (Wildman–Crippen MR) is 230 cm³/mol. The molecule has 2 nitrogen and oxygen atoms in total. The molecule has 0 spiro atoms. The van der Waals surface area contributed by atoms with Gasteiger partial charge in [-0.05, 0) is 104 Å². The molecule has 0 atom stereocenters. The Bertz CT molecular complexity index is 2350. The van der Waals surface area contributed by atoms with Gasteiger partial charge in [-0.15, -0.1) is 0 Å². The standard InChI is InChI=1S/C52H38N2/c1-3-19-41(20-4-1)49(51-27-13-15-33-53-51)37-45-25-9-7-17-39(45)29-31-47-35-43-23-11-12-24-44(43)36-48(47)32-30-40-18-8-10-26-46(40)38-50(42-21-5-2-6-22-42)52-28-14-16-34-54-52/h1-38H/b31-29-,32-30?,49-37+,50-38+. The molecule has 0 fully saturated rings. The van der Waals surface area contributed by atoms with E-state index in [-0.39, 0.29) is 0 Å². The zero-order valence-corrected chi connectivity index (χ0v) is 29.8. The van der Waals surface area contributed by atoms with Crippen molar-refractivity contribution in [2.24, 2.45) is 0 Å². The van der Waals surface area contributed by atoms with Crippen LogP contribution in [-0.4, -0.2) is 9.97 Å². The molecule has 256 valence electrons. The second-order valence-corrected chi connectivity index (χ2v) is 13.0. The summed E-state index contributed by atoms with van der Waals surface area (Å²) in [4.78, 5) is 9.43. The first-order valence-corrected chi connectivity index (χ1v) is 18.2. The van der Waals surface area contributed by atoms with Gasteiger partial charge in [-0.2, -0.15) is 0 Å². The summed E-state index contributed by atoms with van der Waals surface area (Å²) < 4.78 is 0. The number of aromatic nitrogens is 2. The maximum atomic E-state index is 4.71. The lowest BCUT2D eigenvalue weighted by Crippen LogP contribution is -1.92. The summed E-state index contributed by atoms with van der Waals surface area (Å²) in [6.45, 7) is 0. The van der Waals surface area contributed by atoms with Crippen molar-refractivity contribution in [3.8, 4) is 0 Å². The Hall–Kier alpha value is -7.16. The van der Waals surface area contributed by atoms with Crippen molar-refractivity contribution < 1.29 is 0 Å². The van der Waals surface area contributed by atoms with E-state index >= 15 is 0 Å². The largest absolute Gasteiger partial charge is 0.256 e. The van der Waals surface area contributed by atoms with Gasteiger partial charge in [-0.1, -0.05) is 170 Å². The van der Waals surface area contributed by atoms with Gasteiger partial charge in [0, 0.05) is 23.5 Å². The van der Waals surface area contributed by atoms with E-state index in [9.17, 15) is 0 Å². The minimum absolute atomic E-state index is 0.940. The monoisotopic (exact) mass is 690 g/mol. The Labute approximate surface area is 317 Å². The van der Waals surface area contributed by atoms with E-state index in [0.29, 0.717) is 0 Å². The molecular weight excluding hydrogens is 653 g/mol. The summed E-state index contributed by atoms with van der Waals surface area (Å²) in [6, 6.07) is 63.3. The Morgan fingerprint density at radius 2 is 0.667 bits per heavy atom. The summed E-state index contributed by atoms with van der Waals surface area (Å²) in [7, 11) is 0.